The van der Waals surface area contributed by atoms with Gasteiger partial charge in [-0.25, -0.2) is 5.84 Å². The van der Waals surface area contributed by atoms with Gasteiger partial charge in [0.25, 0.3) is 0 Å². The molecular formula is C12H17ClN2OS. The summed E-state index contributed by atoms with van der Waals surface area (Å²) in [4.78, 5) is 12.0. The van der Waals surface area contributed by atoms with E-state index in [0.717, 1.165) is 30.0 Å². The molecule has 0 atom stereocenters. The van der Waals surface area contributed by atoms with Crippen molar-refractivity contribution < 1.29 is 4.79 Å². The molecule has 0 aliphatic carbocycles. The van der Waals surface area contributed by atoms with Crippen LogP contribution in [0.1, 0.15) is 25.7 Å². The van der Waals surface area contributed by atoms with Gasteiger partial charge < -0.3 is 0 Å². The van der Waals surface area contributed by atoms with Crippen molar-refractivity contribution in [3.8, 4) is 0 Å². The highest BCUT2D eigenvalue weighted by atomic mass is 35.5. The molecule has 3 N–H and O–H groups in total. The molecule has 0 aliphatic heterocycles. The third kappa shape index (κ3) is 6.56. The molecule has 17 heavy (non-hydrogen) atoms. The summed E-state index contributed by atoms with van der Waals surface area (Å²) in [5, 5.41) is 0.773. The molecule has 0 aliphatic rings. The highest BCUT2D eigenvalue weighted by Crippen LogP contribution is 2.22. The van der Waals surface area contributed by atoms with Gasteiger partial charge in [0.2, 0.25) is 5.91 Å². The predicted octanol–water partition coefficient (Wildman–Crippen LogP) is 2.98. The van der Waals surface area contributed by atoms with Gasteiger partial charge in [0, 0.05) is 16.3 Å². The molecule has 0 saturated heterocycles. The van der Waals surface area contributed by atoms with Crippen LogP contribution in [0.4, 0.5) is 0 Å². The Labute approximate surface area is 111 Å². The van der Waals surface area contributed by atoms with Crippen molar-refractivity contribution in [3.05, 3.63) is 29.3 Å². The number of hydrogen-bond acceptors (Lipinski definition) is 3. The van der Waals surface area contributed by atoms with E-state index in [1.165, 1.54) is 4.90 Å². The first kappa shape index (κ1) is 14.4. The molecule has 0 heterocycles. The molecule has 5 heteroatoms. The molecule has 1 aromatic carbocycles. The molecule has 1 aromatic rings. The number of hydrogen-bond donors (Lipinski definition) is 2. The maximum absolute atomic E-state index is 10.8. The second-order valence-corrected chi connectivity index (χ2v) is 5.29. The topological polar surface area (TPSA) is 55.1 Å². The third-order valence-electron chi connectivity index (χ3n) is 2.27. The summed E-state index contributed by atoms with van der Waals surface area (Å²) in [7, 11) is 0. The Morgan fingerprint density at radius 3 is 2.88 bits per heavy atom. The number of rotatable bonds is 7. The van der Waals surface area contributed by atoms with Gasteiger partial charge in [0.05, 0.1) is 0 Å². The fourth-order valence-corrected chi connectivity index (χ4v) is 2.61. The van der Waals surface area contributed by atoms with E-state index in [9.17, 15) is 4.79 Å². The summed E-state index contributed by atoms with van der Waals surface area (Å²) < 4.78 is 0. The predicted molar refractivity (Wildman–Crippen MR) is 73.0 cm³/mol. The SMILES string of the molecule is NNC(=O)CCCCCSc1cccc(Cl)c1. The minimum atomic E-state index is -0.0903. The summed E-state index contributed by atoms with van der Waals surface area (Å²) in [6.45, 7) is 0. The summed E-state index contributed by atoms with van der Waals surface area (Å²) in [5.74, 6) is 5.94. The highest BCUT2D eigenvalue weighted by molar-refractivity contribution is 7.99. The Balaban J connectivity index is 2.06. The van der Waals surface area contributed by atoms with E-state index < -0.39 is 0 Å². The Morgan fingerprint density at radius 1 is 1.35 bits per heavy atom. The molecule has 0 saturated carbocycles. The molecule has 3 nitrogen and oxygen atoms in total. The quantitative estimate of drug-likeness (QED) is 0.264. The lowest BCUT2D eigenvalue weighted by molar-refractivity contribution is -0.121. The Bertz CT molecular complexity index is 360. The number of amides is 1. The van der Waals surface area contributed by atoms with Crippen LogP contribution in [0, 0.1) is 0 Å². The summed E-state index contributed by atoms with van der Waals surface area (Å²) >= 11 is 7.68. The largest absolute Gasteiger partial charge is 0.294 e. The van der Waals surface area contributed by atoms with Crippen LogP contribution >= 0.6 is 23.4 Å². The minimum absolute atomic E-state index is 0.0903. The van der Waals surface area contributed by atoms with Gasteiger partial charge in [-0.15, -0.1) is 11.8 Å². The lowest BCUT2D eigenvalue weighted by Gasteiger charge is -2.02. The van der Waals surface area contributed by atoms with Crippen molar-refractivity contribution in [3.63, 3.8) is 0 Å². The van der Waals surface area contributed by atoms with Gasteiger partial charge in [-0.1, -0.05) is 24.1 Å². The van der Waals surface area contributed by atoms with Gasteiger partial charge in [0.15, 0.2) is 0 Å². The van der Waals surface area contributed by atoms with Gasteiger partial charge in [0.1, 0.15) is 0 Å². The number of nitrogens with one attached hydrogen (secondary N) is 1. The fourth-order valence-electron chi connectivity index (χ4n) is 1.38. The Kier molecular flexibility index (Phi) is 7.08. The van der Waals surface area contributed by atoms with Crippen molar-refractivity contribution in [1.82, 2.24) is 5.43 Å². The van der Waals surface area contributed by atoms with Gasteiger partial charge in [-0.3, -0.25) is 10.2 Å². The zero-order chi connectivity index (χ0) is 12.5. The number of unbranched alkanes of at least 4 members (excludes halogenated alkanes) is 2. The van der Waals surface area contributed by atoms with Gasteiger partial charge >= 0.3 is 0 Å². The lowest BCUT2D eigenvalue weighted by Crippen LogP contribution is -2.29. The van der Waals surface area contributed by atoms with E-state index in [0.29, 0.717) is 6.42 Å². The number of hydrazine groups is 1. The van der Waals surface area contributed by atoms with Crippen LogP contribution in [0.3, 0.4) is 0 Å². The molecule has 1 amide bonds. The van der Waals surface area contributed by atoms with Crippen LogP contribution < -0.4 is 11.3 Å². The molecule has 94 valence electrons. The summed E-state index contributed by atoms with van der Waals surface area (Å²) in [5.41, 5.74) is 2.13. The molecule has 0 fully saturated rings. The Hall–Kier alpha value is -0.710. The summed E-state index contributed by atoms with van der Waals surface area (Å²) in [6, 6.07) is 7.85. The van der Waals surface area contributed by atoms with E-state index in [4.69, 9.17) is 17.4 Å². The second-order valence-electron chi connectivity index (χ2n) is 3.68. The van der Waals surface area contributed by atoms with Crippen molar-refractivity contribution in [2.45, 2.75) is 30.6 Å². The van der Waals surface area contributed by atoms with Crippen molar-refractivity contribution in [2.24, 2.45) is 5.84 Å². The summed E-state index contributed by atoms with van der Waals surface area (Å²) in [6.07, 6.45) is 3.54. The van der Waals surface area contributed by atoms with Crippen molar-refractivity contribution in [1.29, 1.82) is 0 Å². The van der Waals surface area contributed by atoms with E-state index >= 15 is 0 Å². The van der Waals surface area contributed by atoms with Crippen LogP contribution in [0.5, 0.6) is 0 Å². The minimum Gasteiger partial charge on any atom is -0.294 e. The second kappa shape index (κ2) is 8.39. The van der Waals surface area contributed by atoms with Crippen LogP contribution in [-0.4, -0.2) is 11.7 Å². The third-order valence-corrected chi connectivity index (χ3v) is 3.59. The zero-order valence-electron chi connectivity index (χ0n) is 9.62. The molecule has 0 aromatic heterocycles. The normalized spacial score (nSPS) is 10.2. The number of nitrogens with two attached hydrogens (primary N) is 1. The number of halogens is 1. The number of thioether (sulfide) groups is 1. The molecular weight excluding hydrogens is 256 g/mol. The number of benzene rings is 1. The molecule has 0 spiro atoms. The number of carbonyl (C=O) groups excluding carboxylic acids is 1. The fraction of sp³-hybridized carbons (Fsp3) is 0.417. The lowest BCUT2D eigenvalue weighted by atomic mass is 10.2. The molecule has 1 rings (SSSR count). The van der Waals surface area contributed by atoms with Gasteiger partial charge in [-0.05, 0) is 36.8 Å². The average Bonchev–Trinajstić information content (AvgIpc) is 2.33. The van der Waals surface area contributed by atoms with E-state index in [1.54, 1.807) is 11.8 Å². The van der Waals surface area contributed by atoms with E-state index in [2.05, 4.69) is 11.5 Å². The van der Waals surface area contributed by atoms with Crippen molar-refractivity contribution in [2.75, 3.05) is 5.75 Å². The monoisotopic (exact) mass is 272 g/mol. The van der Waals surface area contributed by atoms with Crippen LogP contribution in [0.25, 0.3) is 0 Å². The van der Waals surface area contributed by atoms with Crippen LogP contribution in [-0.2, 0) is 4.79 Å². The maximum Gasteiger partial charge on any atom is 0.233 e. The van der Waals surface area contributed by atoms with Crippen LogP contribution in [0.2, 0.25) is 5.02 Å². The van der Waals surface area contributed by atoms with E-state index in [-0.39, 0.29) is 5.91 Å². The molecule has 0 unspecified atom stereocenters. The first-order chi connectivity index (χ1) is 8.22. The first-order valence-corrected chi connectivity index (χ1v) is 6.96. The van der Waals surface area contributed by atoms with Gasteiger partial charge in [-0.2, -0.15) is 0 Å². The molecule has 0 radical (unpaired) electrons. The number of carbonyl (C=O) groups is 1. The Morgan fingerprint density at radius 2 is 2.18 bits per heavy atom. The maximum atomic E-state index is 10.8. The average molecular weight is 273 g/mol. The van der Waals surface area contributed by atoms with Crippen LogP contribution in [0.15, 0.2) is 29.2 Å². The molecule has 0 bridgehead atoms. The van der Waals surface area contributed by atoms with Crippen molar-refractivity contribution >= 4 is 29.3 Å². The standard InChI is InChI=1S/C12H17ClN2OS/c13-10-5-4-6-11(9-10)17-8-3-1-2-7-12(16)15-14/h4-6,9H,1-3,7-8,14H2,(H,15,16). The smallest absolute Gasteiger partial charge is 0.233 e. The zero-order valence-corrected chi connectivity index (χ0v) is 11.2. The first-order valence-electron chi connectivity index (χ1n) is 5.60. The van der Waals surface area contributed by atoms with E-state index in [1.807, 2.05) is 18.2 Å². The highest BCUT2D eigenvalue weighted by Gasteiger charge is 1.98.